The van der Waals surface area contributed by atoms with Crippen LogP contribution in [-0.4, -0.2) is 41.8 Å². The molecule has 0 heterocycles. The number of fused-ring (bicyclic) bond motifs is 3. The Bertz CT molecular complexity index is 1020. The first-order valence-corrected chi connectivity index (χ1v) is 9.88. The van der Waals surface area contributed by atoms with E-state index >= 15 is 0 Å². The van der Waals surface area contributed by atoms with E-state index in [0.29, 0.717) is 0 Å². The van der Waals surface area contributed by atoms with E-state index in [4.69, 9.17) is 9.84 Å². The normalized spacial score (nSPS) is 12.1. The molecule has 0 aromatic heterocycles. The molecule has 0 fully saturated rings. The summed E-state index contributed by atoms with van der Waals surface area (Å²) in [5.41, 5.74) is 3.62. The molecule has 0 atom stereocenters. The molecule has 2 aromatic carbocycles. The highest BCUT2D eigenvalue weighted by molar-refractivity contribution is 5.94. The molecule has 7 heteroatoms. The summed E-state index contributed by atoms with van der Waals surface area (Å²) in [5.74, 6) is 3.19. The van der Waals surface area contributed by atoms with Crippen LogP contribution in [0.5, 0.6) is 0 Å². The van der Waals surface area contributed by atoms with Crippen LogP contribution < -0.4 is 10.6 Å². The Balaban J connectivity index is 1.49. The van der Waals surface area contributed by atoms with Gasteiger partial charge < -0.3 is 20.5 Å². The maximum atomic E-state index is 12.1. The number of carboxylic acids is 1. The quantitative estimate of drug-likeness (QED) is 0.624. The number of ether oxygens (including phenoxy) is 1. The Morgan fingerprint density at radius 3 is 2.19 bits per heavy atom. The van der Waals surface area contributed by atoms with Crippen molar-refractivity contribution in [2.75, 3.05) is 13.2 Å². The molecule has 0 bridgehead atoms. The molecule has 0 spiro atoms. The van der Waals surface area contributed by atoms with E-state index in [1.807, 2.05) is 36.4 Å². The second kappa shape index (κ2) is 9.35. The highest BCUT2D eigenvalue weighted by atomic mass is 16.5. The van der Waals surface area contributed by atoms with Crippen LogP contribution in [0.3, 0.4) is 0 Å². The van der Waals surface area contributed by atoms with Crippen LogP contribution in [-0.2, 0) is 14.3 Å². The number of nitrogens with one attached hydrogen (secondary N) is 2. The summed E-state index contributed by atoms with van der Waals surface area (Å²) in [5, 5.41) is 13.8. The van der Waals surface area contributed by atoms with Crippen LogP contribution in [0.1, 0.15) is 37.3 Å². The van der Waals surface area contributed by atoms with Crippen molar-refractivity contribution in [3.63, 3.8) is 0 Å². The number of aliphatic carboxylic acids is 1. The number of benzene rings is 2. The van der Waals surface area contributed by atoms with Gasteiger partial charge >= 0.3 is 12.1 Å². The molecular weight excluding hydrogens is 396 g/mol. The second-order valence-corrected chi connectivity index (χ2v) is 7.89. The van der Waals surface area contributed by atoms with Crippen molar-refractivity contribution in [3.05, 3.63) is 59.7 Å². The Labute approximate surface area is 180 Å². The zero-order valence-corrected chi connectivity index (χ0v) is 17.4. The van der Waals surface area contributed by atoms with Crippen molar-refractivity contribution in [1.82, 2.24) is 10.6 Å². The van der Waals surface area contributed by atoms with Gasteiger partial charge in [-0.05, 0) is 42.0 Å². The SMILES string of the molecule is CC(C)(CC(=O)O)NC(=O)C#CCNC(=O)OCC1c2ccccc2-c2ccccc21. The summed E-state index contributed by atoms with van der Waals surface area (Å²) >= 11 is 0. The number of hydrogen-bond acceptors (Lipinski definition) is 4. The number of rotatable bonds is 6. The van der Waals surface area contributed by atoms with Gasteiger partial charge in [0.05, 0.1) is 13.0 Å². The molecule has 0 saturated carbocycles. The van der Waals surface area contributed by atoms with Gasteiger partial charge in [-0.3, -0.25) is 9.59 Å². The molecule has 1 aliphatic rings. The lowest BCUT2D eigenvalue weighted by atomic mass is 9.98. The Morgan fingerprint density at radius 1 is 1.03 bits per heavy atom. The van der Waals surface area contributed by atoms with Crippen LogP contribution in [0, 0.1) is 11.8 Å². The van der Waals surface area contributed by atoms with Gasteiger partial charge in [-0.1, -0.05) is 54.5 Å². The first-order chi connectivity index (χ1) is 14.8. The number of alkyl carbamates (subject to hydrolysis) is 1. The predicted octanol–water partition coefficient (Wildman–Crippen LogP) is 2.90. The molecule has 7 nitrogen and oxygen atoms in total. The fourth-order valence-electron chi connectivity index (χ4n) is 3.65. The molecule has 2 amide bonds. The van der Waals surface area contributed by atoms with Gasteiger partial charge in [0, 0.05) is 11.5 Å². The summed E-state index contributed by atoms with van der Waals surface area (Å²) in [6, 6.07) is 16.1. The van der Waals surface area contributed by atoms with Gasteiger partial charge in [0.2, 0.25) is 0 Å². The average Bonchev–Trinajstić information content (AvgIpc) is 3.02. The third-order valence-corrected chi connectivity index (χ3v) is 4.91. The van der Waals surface area contributed by atoms with E-state index in [1.54, 1.807) is 13.8 Å². The topological polar surface area (TPSA) is 105 Å². The maximum Gasteiger partial charge on any atom is 0.407 e. The number of carboxylic acid groups (broad SMARTS) is 1. The zero-order valence-electron chi connectivity index (χ0n) is 17.4. The van der Waals surface area contributed by atoms with Crippen LogP contribution >= 0.6 is 0 Å². The Morgan fingerprint density at radius 2 is 1.61 bits per heavy atom. The standard InChI is InChI=1S/C24H24N2O5/c1-24(2,14-22(28)29)26-21(27)12-7-13-25-23(30)31-15-20-18-10-5-3-8-16(18)17-9-4-6-11-19(17)20/h3-6,8-11,20H,13-15H2,1-2H3,(H,25,30)(H,26,27)(H,28,29). The summed E-state index contributed by atoms with van der Waals surface area (Å²) in [7, 11) is 0. The smallest absolute Gasteiger partial charge is 0.407 e. The van der Waals surface area contributed by atoms with Crippen molar-refractivity contribution < 1.29 is 24.2 Å². The summed E-state index contributed by atoms with van der Waals surface area (Å²) in [6.45, 7) is 3.31. The van der Waals surface area contributed by atoms with Crippen molar-refractivity contribution >= 4 is 18.0 Å². The van der Waals surface area contributed by atoms with Crippen molar-refractivity contribution in [2.24, 2.45) is 0 Å². The minimum atomic E-state index is -1.02. The van der Waals surface area contributed by atoms with E-state index in [9.17, 15) is 14.4 Å². The largest absolute Gasteiger partial charge is 0.481 e. The average molecular weight is 420 g/mol. The fourth-order valence-corrected chi connectivity index (χ4v) is 3.65. The van der Waals surface area contributed by atoms with E-state index in [1.165, 1.54) is 0 Å². The molecule has 0 radical (unpaired) electrons. The fraction of sp³-hybridized carbons (Fsp3) is 0.292. The summed E-state index contributed by atoms with van der Waals surface area (Å²) in [6.07, 6.45) is -0.846. The molecule has 0 saturated heterocycles. The van der Waals surface area contributed by atoms with E-state index < -0.39 is 23.5 Å². The van der Waals surface area contributed by atoms with Gasteiger partial charge in [-0.15, -0.1) is 0 Å². The minimum Gasteiger partial charge on any atom is -0.481 e. The predicted molar refractivity (Wildman–Crippen MR) is 115 cm³/mol. The van der Waals surface area contributed by atoms with Gasteiger partial charge in [0.1, 0.15) is 6.61 Å². The first-order valence-electron chi connectivity index (χ1n) is 9.88. The van der Waals surface area contributed by atoms with E-state index in [-0.39, 0.29) is 25.5 Å². The molecule has 0 aliphatic heterocycles. The van der Waals surface area contributed by atoms with E-state index in [0.717, 1.165) is 22.3 Å². The molecular formula is C24H24N2O5. The molecule has 3 N–H and O–H groups in total. The highest BCUT2D eigenvalue weighted by Gasteiger charge is 2.29. The third-order valence-electron chi connectivity index (χ3n) is 4.91. The molecule has 2 aromatic rings. The van der Waals surface area contributed by atoms with Crippen molar-refractivity contribution in [3.8, 4) is 23.0 Å². The molecule has 3 rings (SSSR count). The van der Waals surface area contributed by atoms with Gasteiger partial charge in [-0.25, -0.2) is 4.79 Å². The third kappa shape index (κ3) is 5.64. The van der Waals surface area contributed by atoms with Crippen LogP contribution in [0.25, 0.3) is 11.1 Å². The van der Waals surface area contributed by atoms with Crippen LogP contribution in [0.4, 0.5) is 4.79 Å². The lowest BCUT2D eigenvalue weighted by Gasteiger charge is -2.22. The van der Waals surface area contributed by atoms with Crippen molar-refractivity contribution in [1.29, 1.82) is 0 Å². The number of amides is 2. The molecule has 160 valence electrons. The number of hydrogen-bond donors (Lipinski definition) is 3. The second-order valence-electron chi connectivity index (χ2n) is 7.89. The summed E-state index contributed by atoms with van der Waals surface area (Å²) < 4.78 is 5.39. The van der Waals surface area contributed by atoms with Crippen molar-refractivity contribution in [2.45, 2.75) is 31.7 Å². The Hall–Kier alpha value is -3.79. The van der Waals surface area contributed by atoms with Gasteiger partial charge in [-0.2, -0.15) is 0 Å². The highest BCUT2D eigenvalue weighted by Crippen LogP contribution is 2.44. The zero-order chi connectivity index (χ0) is 22.4. The van der Waals surface area contributed by atoms with Gasteiger partial charge in [0.15, 0.2) is 0 Å². The summed E-state index contributed by atoms with van der Waals surface area (Å²) in [4.78, 5) is 34.6. The number of carbonyl (C=O) groups is 3. The van der Waals surface area contributed by atoms with Crippen LogP contribution in [0.15, 0.2) is 48.5 Å². The van der Waals surface area contributed by atoms with E-state index in [2.05, 4.69) is 34.6 Å². The van der Waals surface area contributed by atoms with Gasteiger partial charge in [0.25, 0.3) is 5.91 Å². The minimum absolute atomic E-state index is 0.0357. The number of carbonyl (C=O) groups excluding carboxylic acids is 2. The maximum absolute atomic E-state index is 12.1. The molecule has 1 aliphatic carbocycles. The molecule has 0 unspecified atom stereocenters. The Kier molecular flexibility index (Phi) is 6.61. The molecule has 31 heavy (non-hydrogen) atoms. The lowest BCUT2D eigenvalue weighted by molar-refractivity contribution is -0.138. The van der Waals surface area contributed by atoms with Crippen LogP contribution in [0.2, 0.25) is 0 Å². The first kappa shape index (κ1) is 21.9. The lowest BCUT2D eigenvalue weighted by Crippen LogP contribution is -2.44. The monoisotopic (exact) mass is 420 g/mol.